The van der Waals surface area contributed by atoms with Crippen molar-refractivity contribution in [2.75, 3.05) is 19.5 Å². The third-order valence-electron chi connectivity index (χ3n) is 3.39. The summed E-state index contributed by atoms with van der Waals surface area (Å²) in [4.78, 5) is 16.7. The minimum absolute atomic E-state index is 0.150. The first-order chi connectivity index (χ1) is 11.7. The van der Waals surface area contributed by atoms with Crippen LogP contribution in [0.2, 0.25) is 0 Å². The highest BCUT2D eigenvalue weighted by atomic mass is 32.1. The number of nitrogens with zero attached hydrogens (tertiary/aromatic N) is 2. The van der Waals surface area contributed by atoms with Gasteiger partial charge in [0.05, 0.1) is 32.0 Å². The number of carbonyl (C=O) groups excluding carboxylic acids is 1. The molecule has 0 bridgehead atoms. The monoisotopic (exact) mass is 343 g/mol. The van der Waals surface area contributed by atoms with Crippen LogP contribution in [0.3, 0.4) is 0 Å². The van der Waals surface area contributed by atoms with Crippen LogP contribution < -0.4 is 14.8 Å². The largest absolute Gasteiger partial charge is 0.497 e. The summed E-state index contributed by atoms with van der Waals surface area (Å²) in [7, 11) is 3.13. The quantitative estimate of drug-likeness (QED) is 0.747. The van der Waals surface area contributed by atoms with Gasteiger partial charge in [0, 0.05) is 23.8 Å². The predicted octanol–water partition coefficient (Wildman–Crippen LogP) is 3.13. The Kier molecular flexibility index (Phi) is 4.81. The molecule has 2 heterocycles. The maximum absolute atomic E-state index is 12.3. The van der Waals surface area contributed by atoms with Gasteiger partial charge in [-0.2, -0.15) is 0 Å². The molecule has 1 amide bonds. The van der Waals surface area contributed by atoms with Gasteiger partial charge in [-0.25, -0.2) is 4.98 Å². The Morgan fingerprint density at radius 1 is 1.25 bits per heavy atom. The molecule has 6 nitrogen and oxygen atoms in total. The Balaban J connectivity index is 1.68. The smallest absolute Gasteiger partial charge is 0.230 e. The van der Waals surface area contributed by atoms with Crippen LogP contribution in [-0.2, 0) is 11.2 Å². The van der Waals surface area contributed by atoms with Crippen molar-refractivity contribution in [1.82, 2.24) is 9.55 Å². The molecule has 0 saturated carbocycles. The lowest BCUT2D eigenvalue weighted by molar-refractivity contribution is -0.115. The van der Waals surface area contributed by atoms with Crippen molar-refractivity contribution in [3.8, 4) is 16.6 Å². The van der Waals surface area contributed by atoms with E-state index in [0.717, 1.165) is 10.8 Å². The molecule has 124 valence electrons. The highest BCUT2D eigenvalue weighted by Gasteiger charge is 2.12. The molecule has 0 aliphatic carbocycles. The van der Waals surface area contributed by atoms with Crippen molar-refractivity contribution in [2.24, 2.45) is 0 Å². The molecule has 0 spiro atoms. The number of methoxy groups -OCH3 is 2. The summed E-state index contributed by atoms with van der Waals surface area (Å²) in [5.41, 5.74) is 1.33. The minimum Gasteiger partial charge on any atom is -0.497 e. The summed E-state index contributed by atoms with van der Waals surface area (Å²) in [6.07, 6.45) is 4.04. The Labute approximate surface area is 143 Å². The summed E-state index contributed by atoms with van der Waals surface area (Å²) in [5.74, 6) is 1.07. The number of thiazole rings is 1. The van der Waals surface area contributed by atoms with Crippen molar-refractivity contribution in [3.63, 3.8) is 0 Å². The fourth-order valence-electron chi connectivity index (χ4n) is 2.22. The maximum atomic E-state index is 12.3. The van der Waals surface area contributed by atoms with E-state index >= 15 is 0 Å². The van der Waals surface area contributed by atoms with Gasteiger partial charge in [0.25, 0.3) is 0 Å². The Morgan fingerprint density at radius 2 is 2.04 bits per heavy atom. The zero-order valence-electron chi connectivity index (χ0n) is 13.4. The molecule has 2 aromatic heterocycles. The van der Waals surface area contributed by atoms with Gasteiger partial charge in [-0.15, -0.1) is 11.3 Å². The lowest BCUT2D eigenvalue weighted by Gasteiger charge is -2.11. The Bertz CT molecular complexity index is 827. The van der Waals surface area contributed by atoms with E-state index in [1.165, 1.54) is 11.3 Å². The van der Waals surface area contributed by atoms with Gasteiger partial charge in [-0.1, -0.05) is 0 Å². The van der Waals surface area contributed by atoms with Gasteiger partial charge < -0.3 is 19.4 Å². The molecule has 1 aromatic carbocycles. The van der Waals surface area contributed by atoms with Crippen LogP contribution in [0.4, 0.5) is 5.69 Å². The SMILES string of the molecule is COc1ccc(NC(=O)Cc2csc(-n3cccc3)n2)c(OC)c1. The summed E-state index contributed by atoms with van der Waals surface area (Å²) < 4.78 is 12.3. The van der Waals surface area contributed by atoms with Crippen LogP contribution in [0.1, 0.15) is 5.69 Å². The molecule has 0 fully saturated rings. The lowest BCUT2D eigenvalue weighted by atomic mass is 10.2. The summed E-state index contributed by atoms with van der Waals surface area (Å²) in [6.45, 7) is 0. The van der Waals surface area contributed by atoms with Crippen LogP contribution in [-0.4, -0.2) is 29.7 Å². The molecule has 0 saturated heterocycles. The molecular formula is C17H17N3O3S. The number of anilines is 1. The molecule has 3 aromatic rings. The third-order valence-corrected chi connectivity index (χ3v) is 4.29. The second-order valence-electron chi connectivity index (χ2n) is 5.00. The number of hydrogen-bond acceptors (Lipinski definition) is 5. The molecule has 3 rings (SSSR count). The van der Waals surface area contributed by atoms with Gasteiger partial charge in [-0.05, 0) is 24.3 Å². The fraction of sp³-hybridized carbons (Fsp3) is 0.176. The number of benzene rings is 1. The van der Waals surface area contributed by atoms with Gasteiger partial charge in [-0.3, -0.25) is 4.79 Å². The number of amides is 1. The van der Waals surface area contributed by atoms with Crippen LogP contribution in [0.15, 0.2) is 48.1 Å². The lowest BCUT2D eigenvalue weighted by Crippen LogP contribution is -2.15. The van der Waals surface area contributed by atoms with Gasteiger partial charge in [0.1, 0.15) is 11.5 Å². The minimum atomic E-state index is -0.150. The zero-order valence-corrected chi connectivity index (χ0v) is 14.2. The maximum Gasteiger partial charge on any atom is 0.230 e. The second-order valence-corrected chi connectivity index (χ2v) is 5.84. The van der Waals surface area contributed by atoms with Crippen LogP contribution in [0.5, 0.6) is 11.5 Å². The van der Waals surface area contributed by atoms with Crippen molar-refractivity contribution >= 4 is 22.9 Å². The molecule has 7 heteroatoms. The van der Waals surface area contributed by atoms with E-state index < -0.39 is 0 Å². The summed E-state index contributed by atoms with van der Waals surface area (Å²) in [5, 5.41) is 5.57. The van der Waals surface area contributed by atoms with E-state index in [4.69, 9.17) is 9.47 Å². The van der Waals surface area contributed by atoms with Crippen molar-refractivity contribution in [3.05, 3.63) is 53.8 Å². The second kappa shape index (κ2) is 7.18. The molecule has 0 radical (unpaired) electrons. The van der Waals surface area contributed by atoms with Crippen molar-refractivity contribution < 1.29 is 14.3 Å². The molecule has 0 unspecified atom stereocenters. The number of ether oxygens (including phenoxy) is 2. The van der Waals surface area contributed by atoms with E-state index in [9.17, 15) is 4.79 Å². The van der Waals surface area contributed by atoms with Crippen LogP contribution in [0, 0.1) is 0 Å². The van der Waals surface area contributed by atoms with Gasteiger partial charge in [0.2, 0.25) is 5.91 Å². The van der Waals surface area contributed by atoms with Gasteiger partial charge in [0.15, 0.2) is 5.13 Å². The number of hydrogen-bond donors (Lipinski definition) is 1. The van der Waals surface area contributed by atoms with E-state index in [1.807, 2.05) is 34.5 Å². The van der Waals surface area contributed by atoms with E-state index in [-0.39, 0.29) is 12.3 Å². The van der Waals surface area contributed by atoms with Crippen molar-refractivity contribution in [2.45, 2.75) is 6.42 Å². The Morgan fingerprint density at radius 3 is 2.75 bits per heavy atom. The standard InChI is InChI=1S/C17H17N3O3S/c1-22-13-5-6-14(15(10-13)23-2)19-16(21)9-12-11-24-17(18-12)20-7-3-4-8-20/h3-8,10-11H,9H2,1-2H3,(H,19,21). The third kappa shape index (κ3) is 3.57. The average Bonchev–Trinajstić information content (AvgIpc) is 3.26. The van der Waals surface area contributed by atoms with Crippen molar-refractivity contribution in [1.29, 1.82) is 0 Å². The highest BCUT2D eigenvalue weighted by Crippen LogP contribution is 2.29. The molecular weight excluding hydrogens is 326 g/mol. The first-order valence-corrected chi connectivity index (χ1v) is 8.17. The average molecular weight is 343 g/mol. The van der Waals surface area contributed by atoms with Gasteiger partial charge >= 0.3 is 0 Å². The van der Waals surface area contributed by atoms with Crippen LogP contribution >= 0.6 is 11.3 Å². The number of rotatable bonds is 6. The molecule has 1 N–H and O–H groups in total. The van der Waals surface area contributed by atoms with Crippen LogP contribution in [0.25, 0.3) is 5.13 Å². The zero-order chi connectivity index (χ0) is 16.9. The first-order valence-electron chi connectivity index (χ1n) is 7.29. The Hall–Kier alpha value is -2.80. The predicted molar refractivity (Wildman–Crippen MR) is 93.3 cm³/mol. The topological polar surface area (TPSA) is 65.4 Å². The fourth-order valence-corrected chi connectivity index (χ4v) is 3.01. The summed E-state index contributed by atoms with van der Waals surface area (Å²) in [6, 6.07) is 9.11. The molecule has 0 aliphatic rings. The van der Waals surface area contributed by atoms with E-state index in [2.05, 4.69) is 10.3 Å². The highest BCUT2D eigenvalue weighted by molar-refractivity contribution is 7.12. The molecule has 0 atom stereocenters. The number of aromatic nitrogens is 2. The number of carbonyl (C=O) groups is 1. The van der Waals surface area contributed by atoms with E-state index in [0.29, 0.717) is 17.2 Å². The first kappa shape index (κ1) is 16.1. The summed E-state index contributed by atoms with van der Waals surface area (Å²) >= 11 is 1.50. The van der Waals surface area contributed by atoms with E-state index in [1.54, 1.807) is 32.4 Å². The normalized spacial score (nSPS) is 10.4. The molecule has 0 aliphatic heterocycles. The number of nitrogens with one attached hydrogen (secondary N) is 1. The molecule has 24 heavy (non-hydrogen) atoms.